The quantitative estimate of drug-likeness (QED) is 0.867. The molecule has 0 aliphatic carbocycles. The largest absolute Gasteiger partial charge is 0.304 e. The summed E-state index contributed by atoms with van der Waals surface area (Å²) in [5.74, 6) is 0.372. The van der Waals surface area contributed by atoms with Gasteiger partial charge in [-0.1, -0.05) is 31.2 Å². The Hall–Kier alpha value is -2.01. The van der Waals surface area contributed by atoms with Crippen molar-refractivity contribution in [1.82, 2.24) is 9.88 Å². The molecule has 118 valence electrons. The number of aromatic nitrogens is 1. The molecule has 1 aromatic heterocycles. The number of amidine groups is 1. The molecular formula is C18H18BrN3O. The van der Waals surface area contributed by atoms with Crippen LogP contribution in [-0.2, 0) is 10.2 Å². The third kappa shape index (κ3) is 3.06. The Balaban J connectivity index is 1.99. The van der Waals surface area contributed by atoms with Gasteiger partial charge in [-0.25, -0.2) is 0 Å². The summed E-state index contributed by atoms with van der Waals surface area (Å²) in [6.45, 7) is 2.06. The summed E-state index contributed by atoms with van der Waals surface area (Å²) in [5.41, 5.74) is 2.84. The number of piperidine rings is 1. The molecular weight excluding hydrogens is 354 g/mol. The Morgan fingerprint density at radius 2 is 2.00 bits per heavy atom. The molecule has 1 amide bonds. The first-order chi connectivity index (χ1) is 10.9. The highest BCUT2D eigenvalue weighted by atomic mass is 79.9. The van der Waals surface area contributed by atoms with Crippen LogP contribution in [0.5, 0.6) is 0 Å². The molecule has 1 atom stereocenters. The van der Waals surface area contributed by atoms with Crippen LogP contribution in [0.25, 0.3) is 11.1 Å². The number of carbonyl (C=O) groups excluding carboxylic acids is 1. The van der Waals surface area contributed by atoms with Crippen LogP contribution in [0, 0.1) is 5.41 Å². The maximum Gasteiger partial charge on any atom is 0.228 e. The highest BCUT2D eigenvalue weighted by molar-refractivity contribution is 9.10. The molecule has 3 rings (SSSR count). The summed E-state index contributed by atoms with van der Waals surface area (Å²) in [6.07, 6.45) is 4.57. The molecule has 0 saturated carbocycles. The van der Waals surface area contributed by atoms with Crippen LogP contribution in [0.4, 0.5) is 0 Å². The Kier molecular flexibility index (Phi) is 4.06. The van der Waals surface area contributed by atoms with E-state index >= 15 is 0 Å². The zero-order valence-electron chi connectivity index (χ0n) is 13.1. The van der Waals surface area contributed by atoms with Crippen molar-refractivity contribution in [2.24, 2.45) is 0 Å². The minimum atomic E-state index is -0.337. The number of nitrogens with zero attached hydrogens (tertiary/aromatic N) is 2. The number of carbonyl (C=O) groups is 1. The van der Waals surface area contributed by atoms with Crippen molar-refractivity contribution in [1.29, 1.82) is 5.41 Å². The van der Waals surface area contributed by atoms with Crippen molar-refractivity contribution < 1.29 is 4.79 Å². The van der Waals surface area contributed by atoms with Crippen molar-refractivity contribution in [3.05, 3.63) is 52.8 Å². The number of amides is 1. The molecule has 1 aromatic carbocycles. The van der Waals surface area contributed by atoms with Gasteiger partial charge in [0.1, 0.15) is 5.84 Å². The van der Waals surface area contributed by atoms with Gasteiger partial charge < -0.3 is 4.90 Å². The molecule has 1 N–H and O–H groups in total. The van der Waals surface area contributed by atoms with E-state index in [0.29, 0.717) is 18.7 Å². The molecule has 0 bridgehead atoms. The fourth-order valence-corrected chi connectivity index (χ4v) is 3.37. The highest BCUT2D eigenvalue weighted by Gasteiger charge is 2.38. The van der Waals surface area contributed by atoms with Crippen LogP contribution in [0.15, 0.2) is 47.2 Å². The van der Waals surface area contributed by atoms with E-state index < -0.39 is 0 Å². The van der Waals surface area contributed by atoms with Crippen LogP contribution in [0.3, 0.4) is 0 Å². The lowest BCUT2D eigenvalue weighted by Crippen LogP contribution is -2.46. The summed E-state index contributed by atoms with van der Waals surface area (Å²) in [7, 11) is 1.67. The van der Waals surface area contributed by atoms with Crippen molar-refractivity contribution in [3.63, 3.8) is 0 Å². The van der Waals surface area contributed by atoms with Gasteiger partial charge in [-0.2, -0.15) is 0 Å². The van der Waals surface area contributed by atoms with Crippen molar-refractivity contribution >= 4 is 27.7 Å². The number of nitrogens with one attached hydrogen (secondary N) is 1. The van der Waals surface area contributed by atoms with Crippen LogP contribution in [0.2, 0.25) is 0 Å². The summed E-state index contributed by atoms with van der Waals surface area (Å²) >= 11 is 3.45. The predicted molar refractivity (Wildman–Crippen MR) is 94.5 cm³/mol. The second kappa shape index (κ2) is 5.89. The third-order valence-corrected chi connectivity index (χ3v) is 4.91. The van der Waals surface area contributed by atoms with Gasteiger partial charge in [0.2, 0.25) is 5.91 Å². The fourth-order valence-electron chi connectivity index (χ4n) is 3.00. The van der Waals surface area contributed by atoms with E-state index in [9.17, 15) is 4.79 Å². The summed E-state index contributed by atoms with van der Waals surface area (Å²) in [4.78, 5) is 17.8. The Morgan fingerprint density at radius 3 is 2.70 bits per heavy atom. The molecule has 23 heavy (non-hydrogen) atoms. The van der Waals surface area contributed by atoms with E-state index in [2.05, 4.69) is 33.9 Å². The standard InChI is InChI=1S/C18H18BrN3O/c1-18(8-16(20)22(2)17(23)9-18)14-5-3-4-12(6-14)13-7-15(19)11-21-10-13/h3-7,10-11,20H,8-9H2,1-2H3/t18-/m0/s1. The van der Waals surface area contributed by atoms with E-state index in [4.69, 9.17) is 5.41 Å². The molecule has 5 heteroatoms. The lowest BCUT2D eigenvalue weighted by Gasteiger charge is -2.38. The maximum absolute atomic E-state index is 12.2. The number of benzene rings is 1. The smallest absolute Gasteiger partial charge is 0.228 e. The SMILES string of the molecule is CN1C(=N)C[C@](C)(c2cccc(-c3cncc(Br)c3)c2)CC1=O. The second-order valence-corrected chi connectivity index (χ2v) is 7.20. The van der Waals surface area contributed by atoms with Gasteiger partial charge in [-0.3, -0.25) is 15.2 Å². The normalized spacial score (nSPS) is 21.6. The third-order valence-electron chi connectivity index (χ3n) is 4.48. The number of pyridine rings is 1. The number of hydrogen-bond donors (Lipinski definition) is 1. The van der Waals surface area contributed by atoms with Crippen LogP contribution >= 0.6 is 15.9 Å². The molecule has 0 unspecified atom stereocenters. The van der Waals surface area contributed by atoms with Crippen molar-refractivity contribution in [3.8, 4) is 11.1 Å². The molecule has 2 aromatic rings. The summed E-state index contributed by atoms with van der Waals surface area (Å²) < 4.78 is 0.933. The summed E-state index contributed by atoms with van der Waals surface area (Å²) in [5, 5.41) is 8.06. The Bertz CT molecular complexity index is 769. The lowest BCUT2D eigenvalue weighted by atomic mass is 9.73. The van der Waals surface area contributed by atoms with Crippen molar-refractivity contribution in [2.75, 3.05) is 7.05 Å². The average Bonchev–Trinajstić information content (AvgIpc) is 2.53. The van der Waals surface area contributed by atoms with Gasteiger partial charge in [-0.15, -0.1) is 0 Å². The zero-order valence-corrected chi connectivity index (χ0v) is 14.7. The first-order valence-electron chi connectivity index (χ1n) is 7.44. The number of likely N-dealkylation sites (tertiary alicyclic amines) is 1. The van der Waals surface area contributed by atoms with Gasteiger partial charge in [0.05, 0.1) is 0 Å². The average molecular weight is 372 g/mol. The predicted octanol–water partition coefficient (Wildman–Crippen LogP) is 4.00. The monoisotopic (exact) mass is 371 g/mol. The van der Waals surface area contributed by atoms with E-state index in [-0.39, 0.29) is 11.3 Å². The van der Waals surface area contributed by atoms with Gasteiger partial charge in [-0.05, 0) is 33.1 Å². The van der Waals surface area contributed by atoms with E-state index in [1.165, 1.54) is 4.90 Å². The first kappa shape index (κ1) is 15.9. The number of halogens is 1. The number of hydrogen-bond acceptors (Lipinski definition) is 3. The van der Waals surface area contributed by atoms with Crippen LogP contribution < -0.4 is 0 Å². The van der Waals surface area contributed by atoms with Crippen LogP contribution in [-0.4, -0.2) is 28.7 Å². The molecule has 4 nitrogen and oxygen atoms in total. The van der Waals surface area contributed by atoms with E-state index in [1.807, 2.05) is 30.5 Å². The van der Waals surface area contributed by atoms with Gasteiger partial charge >= 0.3 is 0 Å². The Morgan fingerprint density at radius 1 is 1.22 bits per heavy atom. The Labute approximate surface area is 144 Å². The minimum Gasteiger partial charge on any atom is -0.304 e. The molecule has 2 heterocycles. The lowest BCUT2D eigenvalue weighted by molar-refractivity contribution is -0.128. The van der Waals surface area contributed by atoms with E-state index in [1.54, 1.807) is 13.2 Å². The molecule has 0 spiro atoms. The molecule has 0 radical (unpaired) electrons. The highest BCUT2D eigenvalue weighted by Crippen LogP contribution is 2.37. The molecule has 1 aliphatic rings. The van der Waals surface area contributed by atoms with Gasteiger partial charge in [0, 0.05) is 47.7 Å². The summed E-state index contributed by atoms with van der Waals surface area (Å²) in [6, 6.07) is 10.2. The topological polar surface area (TPSA) is 57.1 Å². The maximum atomic E-state index is 12.2. The molecule has 1 fully saturated rings. The van der Waals surface area contributed by atoms with Gasteiger partial charge in [0.25, 0.3) is 0 Å². The number of rotatable bonds is 2. The molecule has 1 saturated heterocycles. The van der Waals surface area contributed by atoms with Gasteiger partial charge in [0.15, 0.2) is 0 Å². The van der Waals surface area contributed by atoms with E-state index in [0.717, 1.165) is 21.2 Å². The second-order valence-electron chi connectivity index (χ2n) is 6.29. The fraction of sp³-hybridized carbons (Fsp3) is 0.278. The molecule has 1 aliphatic heterocycles. The van der Waals surface area contributed by atoms with Crippen molar-refractivity contribution in [2.45, 2.75) is 25.2 Å². The zero-order chi connectivity index (χ0) is 16.6. The first-order valence-corrected chi connectivity index (χ1v) is 8.24. The van der Waals surface area contributed by atoms with Crippen LogP contribution in [0.1, 0.15) is 25.3 Å². The minimum absolute atomic E-state index is 0.00160.